The molecule has 1 atom stereocenters. The Hall–Kier alpha value is -1.51. The van der Waals surface area contributed by atoms with Gasteiger partial charge < -0.3 is 9.84 Å². The van der Waals surface area contributed by atoms with Gasteiger partial charge in [0.15, 0.2) is 0 Å². The quantitative estimate of drug-likeness (QED) is 0.804. The van der Waals surface area contributed by atoms with Gasteiger partial charge in [0.05, 0.1) is 12.5 Å². The minimum Gasteiger partial charge on any atom is -0.497 e. The number of rotatable bonds is 2. The van der Waals surface area contributed by atoms with Crippen molar-refractivity contribution in [3.63, 3.8) is 0 Å². The highest BCUT2D eigenvalue weighted by Gasteiger charge is 2.41. The number of ether oxygens (including phenoxy) is 1. The van der Waals surface area contributed by atoms with Gasteiger partial charge in [-0.15, -0.1) is 0 Å². The number of methoxy groups -OCH3 is 1. The number of carbonyl (C=O) groups is 1. The van der Waals surface area contributed by atoms with Gasteiger partial charge in [-0.3, -0.25) is 4.79 Å². The molecule has 0 saturated carbocycles. The molecule has 0 heterocycles. The van der Waals surface area contributed by atoms with Crippen molar-refractivity contribution >= 4 is 5.97 Å². The van der Waals surface area contributed by atoms with Crippen LogP contribution in [0.5, 0.6) is 5.75 Å². The molecular formula is C12H14O3. The van der Waals surface area contributed by atoms with Gasteiger partial charge in [-0.1, -0.05) is 6.07 Å². The summed E-state index contributed by atoms with van der Waals surface area (Å²) in [5.41, 5.74) is 1.30. The monoisotopic (exact) mass is 206 g/mol. The first kappa shape index (κ1) is 10.0. The Balaban J connectivity index is 2.49. The number of carboxylic acid groups (broad SMARTS) is 1. The van der Waals surface area contributed by atoms with Gasteiger partial charge in [0.25, 0.3) is 0 Å². The normalized spacial score (nSPS) is 23.6. The maximum absolute atomic E-state index is 11.2. The van der Waals surface area contributed by atoms with Crippen LogP contribution in [0.3, 0.4) is 0 Å². The first-order valence-electron chi connectivity index (χ1n) is 4.99. The Bertz CT molecular complexity index is 411. The highest BCUT2D eigenvalue weighted by atomic mass is 16.5. The van der Waals surface area contributed by atoms with Crippen LogP contribution in [0.2, 0.25) is 0 Å². The number of carboxylic acids is 1. The van der Waals surface area contributed by atoms with Crippen molar-refractivity contribution in [3.8, 4) is 5.75 Å². The molecule has 80 valence electrons. The van der Waals surface area contributed by atoms with E-state index in [0.29, 0.717) is 6.42 Å². The zero-order chi connectivity index (χ0) is 11.1. The van der Waals surface area contributed by atoms with E-state index in [0.717, 1.165) is 23.3 Å². The van der Waals surface area contributed by atoms with E-state index in [1.807, 2.05) is 18.2 Å². The van der Waals surface area contributed by atoms with Crippen LogP contribution >= 0.6 is 0 Å². The van der Waals surface area contributed by atoms with Crippen molar-refractivity contribution in [3.05, 3.63) is 29.3 Å². The number of hydrogen-bond donors (Lipinski definition) is 1. The molecule has 0 spiro atoms. The van der Waals surface area contributed by atoms with Crippen molar-refractivity contribution in [2.24, 2.45) is 0 Å². The lowest BCUT2D eigenvalue weighted by atomic mass is 9.84. The van der Waals surface area contributed by atoms with E-state index in [1.165, 1.54) is 0 Å². The van der Waals surface area contributed by atoms with Crippen LogP contribution in [0.4, 0.5) is 0 Å². The van der Waals surface area contributed by atoms with Crippen LogP contribution in [0.15, 0.2) is 18.2 Å². The summed E-state index contributed by atoms with van der Waals surface area (Å²) in [7, 11) is 1.62. The van der Waals surface area contributed by atoms with Crippen LogP contribution in [0.1, 0.15) is 24.5 Å². The molecule has 0 amide bonds. The summed E-state index contributed by atoms with van der Waals surface area (Å²) in [6.07, 6.45) is 1.49. The first-order valence-corrected chi connectivity index (χ1v) is 4.99. The molecule has 0 unspecified atom stereocenters. The summed E-state index contributed by atoms with van der Waals surface area (Å²) < 4.78 is 5.12. The molecule has 3 heteroatoms. The van der Waals surface area contributed by atoms with Crippen molar-refractivity contribution in [2.75, 3.05) is 7.11 Å². The molecule has 3 nitrogen and oxygen atoms in total. The fourth-order valence-corrected chi connectivity index (χ4v) is 2.18. The molecule has 0 aromatic heterocycles. The Labute approximate surface area is 88.7 Å². The molecule has 1 aliphatic carbocycles. The lowest BCUT2D eigenvalue weighted by Crippen LogP contribution is -2.29. The third-order valence-corrected chi connectivity index (χ3v) is 3.27. The third kappa shape index (κ3) is 1.39. The molecule has 0 saturated heterocycles. The lowest BCUT2D eigenvalue weighted by Gasteiger charge is -2.19. The Morgan fingerprint density at radius 2 is 2.27 bits per heavy atom. The van der Waals surface area contributed by atoms with Gasteiger partial charge in [-0.05, 0) is 43.0 Å². The van der Waals surface area contributed by atoms with Crippen molar-refractivity contribution in [1.82, 2.24) is 0 Å². The SMILES string of the molecule is COc1ccc2c(c1)CC[C@]2(C)C(=O)O. The third-order valence-electron chi connectivity index (χ3n) is 3.27. The van der Waals surface area contributed by atoms with Crippen LogP contribution in [0, 0.1) is 0 Å². The molecular weight excluding hydrogens is 192 g/mol. The second-order valence-electron chi connectivity index (χ2n) is 4.16. The summed E-state index contributed by atoms with van der Waals surface area (Å²) in [4.78, 5) is 11.2. The summed E-state index contributed by atoms with van der Waals surface area (Å²) in [6.45, 7) is 1.79. The van der Waals surface area contributed by atoms with E-state index < -0.39 is 11.4 Å². The van der Waals surface area contributed by atoms with Gasteiger partial charge >= 0.3 is 5.97 Å². The molecule has 0 bridgehead atoms. The van der Waals surface area contributed by atoms with Gasteiger partial charge in [0.1, 0.15) is 5.75 Å². The fourth-order valence-electron chi connectivity index (χ4n) is 2.18. The highest BCUT2D eigenvalue weighted by molar-refractivity contribution is 5.82. The summed E-state index contributed by atoms with van der Waals surface area (Å²) in [5, 5.41) is 9.21. The van der Waals surface area contributed by atoms with Crippen LogP contribution < -0.4 is 4.74 Å². The largest absolute Gasteiger partial charge is 0.497 e. The molecule has 1 aromatic carbocycles. The predicted molar refractivity (Wildman–Crippen MR) is 56.3 cm³/mol. The van der Waals surface area contributed by atoms with Crippen LogP contribution in [-0.4, -0.2) is 18.2 Å². The van der Waals surface area contributed by atoms with E-state index in [1.54, 1.807) is 14.0 Å². The zero-order valence-corrected chi connectivity index (χ0v) is 8.91. The number of aryl methyl sites for hydroxylation is 1. The Morgan fingerprint density at radius 3 is 2.87 bits per heavy atom. The number of aliphatic carboxylic acids is 1. The maximum atomic E-state index is 11.2. The van der Waals surface area contributed by atoms with Crippen LogP contribution in [0.25, 0.3) is 0 Å². The maximum Gasteiger partial charge on any atom is 0.313 e. The van der Waals surface area contributed by atoms with Gasteiger partial charge in [0.2, 0.25) is 0 Å². The molecule has 0 aliphatic heterocycles. The van der Waals surface area contributed by atoms with Crippen molar-refractivity contribution in [2.45, 2.75) is 25.2 Å². The van der Waals surface area contributed by atoms with Gasteiger partial charge in [-0.2, -0.15) is 0 Å². The van der Waals surface area contributed by atoms with Gasteiger partial charge in [-0.25, -0.2) is 0 Å². The highest BCUT2D eigenvalue weighted by Crippen LogP contribution is 2.40. The standard InChI is InChI=1S/C12H14O3/c1-12(11(13)14)6-5-8-7-9(15-2)3-4-10(8)12/h3-4,7H,5-6H2,1-2H3,(H,13,14)/t12-/m0/s1. The summed E-state index contributed by atoms with van der Waals surface area (Å²) in [5.74, 6) is 0.0507. The fraction of sp³-hybridized carbons (Fsp3) is 0.417. The average molecular weight is 206 g/mol. The predicted octanol–water partition coefficient (Wildman–Crippen LogP) is 1.98. The molecule has 15 heavy (non-hydrogen) atoms. The zero-order valence-electron chi connectivity index (χ0n) is 8.91. The van der Waals surface area contributed by atoms with Crippen molar-refractivity contribution < 1.29 is 14.6 Å². The van der Waals surface area contributed by atoms with E-state index in [9.17, 15) is 9.90 Å². The lowest BCUT2D eigenvalue weighted by molar-refractivity contribution is -0.143. The van der Waals surface area contributed by atoms with E-state index >= 15 is 0 Å². The van der Waals surface area contributed by atoms with Crippen LogP contribution in [-0.2, 0) is 16.6 Å². The van der Waals surface area contributed by atoms with E-state index in [-0.39, 0.29) is 0 Å². The molecule has 1 N–H and O–H groups in total. The average Bonchev–Trinajstić information content (AvgIpc) is 2.57. The summed E-state index contributed by atoms with van der Waals surface area (Å²) >= 11 is 0. The minimum atomic E-state index is -0.744. The molecule has 2 rings (SSSR count). The second kappa shape index (κ2) is 3.26. The second-order valence-corrected chi connectivity index (χ2v) is 4.16. The number of fused-ring (bicyclic) bond motifs is 1. The van der Waals surface area contributed by atoms with Gasteiger partial charge in [0, 0.05) is 0 Å². The van der Waals surface area contributed by atoms with Crippen molar-refractivity contribution in [1.29, 1.82) is 0 Å². The molecule has 1 aromatic rings. The van der Waals surface area contributed by atoms with E-state index in [4.69, 9.17) is 4.74 Å². The summed E-state index contributed by atoms with van der Waals surface area (Å²) in [6, 6.07) is 5.63. The smallest absolute Gasteiger partial charge is 0.313 e. The number of benzene rings is 1. The molecule has 1 aliphatic rings. The minimum absolute atomic E-state index is 0.671. The Morgan fingerprint density at radius 1 is 1.53 bits per heavy atom. The Kier molecular flexibility index (Phi) is 2.18. The molecule has 0 fully saturated rings. The molecule has 0 radical (unpaired) electrons. The number of hydrogen-bond acceptors (Lipinski definition) is 2. The topological polar surface area (TPSA) is 46.5 Å². The van der Waals surface area contributed by atoms with E-state index in [2.05, 4.69) is 0 Å². The first-order chi connectivity index (χ1) is 7.08.